The first-order chi connectivity index (χ1) is 10.4. The number of carbonyl (C=O) groups excluding carboxylic acids is 1. The third-order valence-electron chi connectivity index (χ3n) is 4.11. The van der Waals surface area contributed by atoms with Crippen LogP contribution in [0.25, 0.3) is 11.3 Å². The molecule has 0 spiro atoms. The maximum atomic E-state index is 12.2. The zero-order chi connectivity index (χ0) is 16.3. The predicted molar refractivity (Wildman–Crippen MR) is 89.4 cm³/mol. The van der Waals surface area contributed by atoms with E-state index in [9.17, 15) is 4.79 Å². The number of nitrogens with two attached hydrogens (primary N) is 1. The van der Waals surface area contributed by atoms with E-state index in [1.807, 2.05) is 58.2 Å². The highest BCUT2D eigenvalue weighted by Gasteiger charge is 2.21. The minimum atomic E-state index is -0.512. The van der Waals surface area contributed by atoms with Crippen LogP contribution >= 0.6 is 0 Å². The van der Waals surface area contributed by atoms with Gasteiger partial charge in [-0.15, -0.1) is 0 Å². The van der Waals surface area contributed by atoms with Gasteiger partial charge in [0.25, 0.3) is 0 Å². The van der Waals surface area contributed by atoms with Crippen LogP contribution in [0.3, 0.4) is 0 Å². The highest BCUT2D eigenvalue weighted by Crippen LogP contribution is 2.24. The molecule has 118 valence electrons. The van der Waals surface area contributed by atoms with E-state index < -0.39 is 6.04 Å². The summed E-state index contributed by atoms with van der Waals surface area (Å²) in [5.41, 5.74) is 9.02. The molecule has 1 amide bonds. The van der Waals surface area contributed by atoms with E-state index in [1.165, 1.54) is 0 Å². The van der Waals surface area contributed by atoms with Gasteiger partial charge >= 0.3 is 0 Å². The van der Waals surface area contributed by atoms with Gasteiger partial charge in [0.1, 0.15) is 5.82 Å². The van der Waals surface area contributed by atoms with Crippen molar-refractivity contribution in [2.75, 3.05) is 5.32 Å². The molecule has 1 aromatic carbocycles. The first-order valence-electron chi connectivity index (χ1n) is 7.60. The molecule has 0 saturated heterocycles. The van der Waals surface area contributed by atoms with Crippen molar-refractivity contribution < 1.29 is 4.79 Å². The van der Waals surface area contributed by atoms with Crippen molar-refractivity contribution in [1.82, 2.24) is 9.78 Å². The fourth-order valence-electron chi connectivity index (χ4n) is 2.30. The van der Waals surface area contributed by atoms with E-state index >= 15 is 0 Å². The number of amides is 1. The summed E-state index contributed by atoms with van der Waals surface area (Å²) < 4.78 is 1.67. The van der Waals surface area contributed by atoms with E-state index in [4.69, 9.17) is 5.73 Å². The van der Waals surface area contributed by atoms with E-state index in [1.54, 1.807) is 4.68 Å². The lowest BCUT2D eigenvalue weighted by Crippen LogP contribution is -2.40. The van der Waals surface area contributed by atoms with Crippen LogP contribution in [-0.2, 0) is 11.8 Å². The van der Waals surface area contributed by atoms with Crippen LogP contribution in [0.2, 0.25) is 0 Å². The Bertz CT molecular complexity index is 662. The van der Waals surface area contributed by atoms with Crippen molar-refractivity contribution in [2.45, 2.75) is 33.2 Å². The van der Waals surface area contributed by atoms with Gasteiger partial charge in [-0.2, -0.15) is 5.10 Å². The van der Waals surface area contributed by atoms with Crippen LogP contribution in [0, 0.1) is 12.8 Å². The summed E-state index contributed by atoms with van der Waals surface area (Å²) in [5, 5.41) is 7.35. The van der Waals surface area contributed by atoms with Gasteiger partial charge in [-0.1, -0.05) is 44.5 Å². The second-order valence-electron chi connectivity index (χ2n) is 5.75. The molecule has 1 heterocycles. The summed E-state index contributed by atoms with van der Waals surface area (Å²) in [6.45, 7) is 6.05. The van der Waals surface area contributed by atoms with Crippen molar-refractivity contribution in [3.05, 3.63) is 35.9 Å². The SMILES string of the molecule is CCC(C)C(N)C(=O)Nc1cc(-c2ccccc2C)nn1C. The summed E-state index contributed by atoms with van der Waals surface area (Å²) in [4.78, 5) is 12.2. The Balaban J connectivity index is 2.21. The molecule has 0 aliphatic heterocycles. The Hall–Kier alpha value is -2.14. The molecule has 3 N–H and O–H groups in total. The van der Waals surface area contributed by atoms with Gasteiger partial charge < -0.3 is 11.1 Å². The first kappa shape index (κ1) is 16.2. The molecule has 1 aromatic heterocycles. The molecule has 22 heavy (non-hydrogen) atoms. The monoisotopic (exact) mass is 300 g/mol. The van der Waals surface area contributed by atoms with Gasteiger partial charge in [0.15, 0.2) is 0 Å². The van der Waals surface area contributed by atoms with E-state index in [-0.39, 0.29) is 11.8 Å². The fraction of sp³-hybridized carbons (Fsp3) is 0.412. The second-order valence-corrected chi connectivity index (χ2v) is 5.75. The molecule has 5 heteroatoms. The number of hydrogen-bond donors (Lipinski definition) is 2. The number of hydrogen-bond acceptors (Lipinski definition) is 3. The number of aryl methyl sites for hydroxylation is 2. The standard InChI is InChI=1S/C17H24N4O/c1-5-11(2)16(18)17(22)19-15-10-14(20-21(15)4)13-9-7-6-8-12(13)3/h6-11,16H,5,18H2,1-4H3,(H,19,22). The number of benzene rings is 1. The lowest BCUT2D eigenvalue weighted by molar-refractivity contribution is -0.118. The van der Waals surface area contributed by atoms with Crippen LogP contribution < -0.4 is 11.1 Å². The molecule has 2 unspecified atom stereocenters. The highest BCUT2D eigenvalue weighted by atomic mass is 16.2. The molecule has 5 nitrogen and oxygen atoms in total. The lowest BCUT2D eigenvalue weighted by Gasteiger charge is -2.17. The van der Waals surface area contributed by atoms with Crippen molar-refractivity contribution in [3.63, 3.8) is 0 Å². The lowest BCUT2D eigenvalue weighted by atomic mass is 9.99. The Morgan fingerprint density at radius 1 is 1.41 bits per heavy atom. The summed E-state index contributed by atoms with van der Waals surface area (Å²) >= 11 is 0. The molecule has 0 aliphatic carbocycles. The number of nitrogens with zero attached hydrogens (tertiary/aromatic N) is 2. The Morgan fingerprint density at radius 2 is 2.09 bits per heavy atom. The van der Waals surface area contributed by atoms with Gasteiger partial charge in [0.05, 0.1) is 11.7 Å². The van der Waals surface area contributed by atoms with E-state index in [0.29, 0.717) is 5.82 Å². The predicted octanol–water partition coefficient (Wildman–Crippen LogP) is 2.71. The van der Waals surface area contributed by atoms with E-state index in [0.717, 1.165) is 23.2 Å². The number of aromatic nitrogens is 2. The highest BCUT2D eigenvalue weighted by molar-refractivity contribution is 5.94. The topological polar surface area (TPSA) is 72.9 Å². The molecular weight excluding hydrogens is 276 g/mol. The molecule has 0 saturated carbocycles. The summed E-state index contributed by atoms with van der Waals surface area (Å²) in [5.74, 6) is 0.625. The Morgan fingerprint density at radius 3 is 2.73 bits per heavy atom. The minimum absolute atomic E-state index is 0.143. The van der Waals surface area contributed by atoms with Crippen LogP contribution in [0.5, 0.6) is 0 Å². The van der Waals surface area contributed by atoms with Crippen molar-refractivity contribution >= 4 is 11.7 Å². The molecule has 0 aliphatic rings. The molecule has 0 fully saturated rings. The third-order valence-corrected chi connectivity index (χ3v) is 4.11. The first-order valence-corrected chi connectivity index (χ1v) is 7.60. The van der Waals surface area contributed by atoms with Crippen molar-refractivity contribution in [3.8, 4) is 11.3 Å². The third kappa shape index (κ3) is 3.36. The summed E-state index contributed by atoms with van der Waals surface area (Å²) in [7, 11) is 1.81. The molecule has 2 aromatic rings. The normalized spacial score (nSPS) is 13.7. The molecule has 2 atom stereocenters. The maximum Gasteiger partial charge on any atom is 0.242 e. The van der Waals surface area contributed by atoms with Crippen molar-refractivity contribution in [2.24, 2.45) is 18.7 Å². The zero-order valence-corrected chi connectivity index (χ0v) is 13.6. The van der Waals surface area contributed by atoms with Crippen LogP contribution in [-0.4, -0.2) is 21.7 Å². The zero-order valence-electron chi connectivity index (χ0n) is 13.6. The minimum Gasteiger partial charge on any atom is -0.320 e. The Labute approximate surface area is 131 Å². The number of carbonyl (C=O) groups is 1. The smallest absolute Gasteiger partial charge is 0.242 e. The molecule has 0 radical (unpaired) electrons. The molecule has 2 rings (SSSR count). The van der Waals surface area contributed by atoms with E-state index in [2.05, 4.69) is 10.4 Å². The van der Waals surface area contributed by atoms with Gasteiger partial charge in [-0.05, 0) is 18.4 Å². The molecule has 0 bridgehead atoms. The van der Waals surface area contributed by atoms with Crippen LogP contribution in [0.4, 0.5) is 5.82 Å². The quantitative estimate of drug-likeness (QED) is 0.891. The number of rotatable bonds is 5. The number of nitrogens with one attached hydrogen (secondary N) is 1. The summed E-state index contributed by atoms with van der Waals surface area (Å²) in [6, 6.07) is 9.41. The second kappa shape index (κ2) is 6.75. The fourth-order valence-corrected chi connectivity index (χ4v) is 2.30. The van der Waals surface area contributed by atoms with Gasteiger partial charge in [0.2, 0.25) is 5.91 Å². The van der Waals surface area contributed by atoms with Crippen LogP contribution in [0.15, 0.2) is 30.3 Å². The van der Waals surface area contributed by atoms with Gasteiger partial charge in [-0.25, -0.2) is 0 Å². The Kier molecular flexibility index (Phi) is 4.98. The van der Waals surface area contributed by atoms with Crippen molar-refractivity contribution in [1.29, 1.82) is 0 Å². The molecular formula is C17H24N4O. The largest absolute Gasteiger partial charge is 0.320 e. The maximum absolute atomic E-state index is 12.2. The van der Waals surface area contributed by atoms with Gasteiger partial charge in [0, 0.05) is 18.7 Å². The average Bonchev–Trinajstić information content (AvgIpc) is 2.86. The summed E-state index contributed by atoms with van der Waals surface area (Å²) in [6.07, 6.45) is 0.869. The number of anilines is 1. The van der Waals surface area contributed by atoms with Crippen LogP contribution in [0.1, 0.15) is 25.8 Å². The van der Waals surface area contributed by atoms with Gasteiger partial charge in [-0.3, -0.25) is 9.48 Å². The average molecular weight is 300 g/mol.